The van der Waals surface area contributed by atoms with E-state index < -0.39 is 6.10 Å². The summed E-state index contributed by atoms with van der Waals surface area (Å²) in [6.07, 6.45) is 0.565. The van der Waals surface area contributed by atoms with Crippen LogP contribution in [0.4, 0.5) is 0 Å². The van der Waals surface area contributed by atoms with Gasteiger partial charge in [0.15, 0.2) is 5.82 Å². The van der Waals surface area contributed by atoms with Gasteiger partial charge in [0.25, 0.3) is 0 Å². The number of hydrogen-bond acceptors (Lipinski definition) is 5. The maximum Gasteiger partial charge on any atom is 0.177 e. The van der Waals surface area contributed by atoms with Gasteiger partial charge >= 0.3 is 0 Å². The van der Waals surface area contributed by atoms with Gasteiger partial charge in [-0.15, -0.1) is 10.2 Å². The smallest absolute Gasteiger partial charge is 0.177 e. The molecule has 1 aromatic rings. The molecule has 6 heteroatoms. The van der Waals surface area contributed by atoms with Gasteiger partial charge in [-0.05, 0) is 11.6 Å². The summed E-state index contributed by atoms with van der Waals surface area (Å²) >= 11 is 0. The Morgan fingerprint density at radius 2 is 2.38 bits per heavy atom. The molecule has 0 amide bonds. The molecular weight excluding hydrogens is 172 g/mol. The number of nitrogens with zero attached hydrogens (tertiary/aromatic N) is 4. The van der Waals surface area contributed by atoms with Gasteiger partial charge < -0.3 is 9.84 Å². The molecule has 1 unspecified atom stereocenters. The summed E-state index contributed by atoms with van der Waals surface area (Å²) in [6.45, 7) is 0.543. The molecular formula is C7H14N4O2. The van der Waals surface area contributed by atoms with E-state index in [-0.39, 0.29) is 0 Å². The van der Waals surface area contributed by atoms with E-state index in [1.165, 1.54) is 4.80 Å². The molecule has 1 atom stereocenters. The molecule has 0 bridgehead atoms. The van der Waals surface area contributed by atoms with E-state index in [0.717, 1.165) is 0 Å². The first-order chi connectivity index (χ1) is 6.22. The van der Waals surface area contributed by atoms with Crippen LogP contribution in [0.15, 0.2) is 0 Å². The van der Waals surface area contributed by atoms with Crippen molar-refractivity contribution in [2.75, 3.05) is 13.7 Å². The number of aliphatic hydroxyl groups excluding tert-OH is 1. The van der Waals surface area contributed by atoms with E-state index in [1.807, 2.05) is 0 Å². The third kappa shape index (κ3) is 3.47. The number of aliphatic hydroxyl groups is 1. The maximum atomic E-state index is 9.45. The molecule has 1 rings (SSSR count). The van der Waals surface area contributed by atoms with Crippen molar-refractivity contribution in [3.05, 3.63) is 5.82 Å². The molecule has 74 valence electrons. The van der Waals surface area contributed by atoms with Crippen molar-refractivity contribution in [2.24, 2.45) is 7.05 Å². The number of aromatic nitrogens is 4. The van der Waals surface area contributed by atoms with Crippen LogP contribution in [-0.2, 0) is 18.2 Å². The Bertz CT molecular complexity index is 250. The van der Waals surface area contributed by atoms with E-state index >= 15 is 0 Å². The number of tetrazole rings is 1. The Labute approximate surface area is 76.5 Å². The highest BCUT2D eigenvalue weighted by Crippen LogP contribution is 1.99. The second-order valence-corrected chi connectivity index (χ2v) is 2.83. The molecule has 1 aromatic heterocycles. The lowest BCUT2D eigenvalue weighted by Gasteiger charge is -2.05. The monoisotopic (exact) mass is 186 g/mol. The van der Waals surface area contributed by atoms with Crippen molar-refractivity contribution in [3.63, 3.8) is 0 Å². The molecule has 0 aliphatic rings. The minimum Gasteiger partial charge on any atom is -0.393 e. The Hall–Kier alpha value is -1.01. The highest BCUT2D eigenvalue weighted by atomic mass is 16.5. The van der Waals surface area contributed by atoms with E-state index in [4.69, 9.17) is 4.74 Å². The minimum absolute atomic E-state index is 0.428. The molecule has 1 heterocycles. The summed E-state index contributed by atoms with van der Waals surface area (Å²) in [6, 6.07) is 0. The predicted molar refractivity (Wildman–Crippen MR) is 45.0 cm³/mol. The first-order valence-corrected chi connectivity index (χ1v) is 4.12. The van der Waals surface area contributed by atoms with Crippen LogP contribution in [0.1, 0.15) is 12.2 Å². The fourth-order valence-electron chi connectivity index (χ4n) is 0.972. The minimum atomic E-state index is -0.454. The normalized spacial score (nSPS) is 13.2. The van der Waals surface area contributed by atoms with Gasteiger partial charge in [0.05, 0.1) is 13.2 Å². The number of hydrogen-bond donors (Lipinski definition) is 1. The first-order valence-electron chi connectivity index (χ1n) is 4.12. The standard InChI is InChI=1S/C7H14N4O2/c1-11-9-7(8-10-11)5-6(12)3-4-13-2/h6,12H,3-5H2,1-2H3. The molecule has 0 saturated heterocycles. The third-order valence-electron chi connectivity index (χ3n) is 1.62. The summed E-state index contributed by atoms with van der Waals surface area (Å²) in [5.74, 6) is 0.561. The highest BCUT2D eigenvalue weighted by Gasteiger charge is 2.08. The molecule has 0 spiro atoms. The van der Waals surface area contributed by atoms with Crippen LogP contribution in [0, 0.1) is 0 Å². The Morgan fingerprint density at radius 1 is 1.62 bits per heavy atom. The quantitative estimate of drug-likeness (QED) is 0.648. The lowest BCUT2D eigenvalue weighted by molar-refractivity contribution is 0.109. The Balaban J connectivity index is 2.31. The van der Waals surface area contributed by atoms with Gasteiger partial charge in [-0.1, -0.05) is 0 Å². The lowest BCUT2D eigenvalue weighted by atomic mass is 10.2. The molecule has 0 aromatic carbocycles. The van der Waals surface area contributed by atoms with E-state index in [9.17, 15) is 5.11 Å². The van der Waals surface area contributed by atoms with Gasteiger partial charge in [0.2, 0.25) is 0 Å². The van der Waals surface area contributed by atoms with Crippen molar-refractivity contribution in [2.45, 2.75) is 18.9 Å². The number of aryl methyl sites for hydroxylation is 1. The number of rotatable bonds is 5. The zero-order valence-corrected chi connectivity index (χ0v) is 7.84. The summed E-state index contributed by atoms with van der Waals surface area (Å²) in [5.41, 5.74) is 0. The van der Waals surface area contributed by atoms with E-state index in [1.54, 1.807) is 14.2 Å². The van der Waals surface area contributed by atoms with Crippen LogP contribution in [0.3, 0.4) is 0 Å². The van der Waals surface area contributed by atoms with Crippen molar-refractivity contribution in [1.29, 1.82) is 0 Å². The van der Waals surface area contributed by atoms with Gasteiger partial charge in [0, 0.05) is 20.1 Å². The van der Waals surface area contributed by atoms with Crippen LogP contribution < -0.4 is 0 Å². The fraction of sp³-hybridized carbons (Fsp3) is 0.857. The third-order valence-corrected chi connectivity index (χ3v) is 1.62. The van der Waals surface area contributed by atoms with Crippen molar-refractivity contribution >= 4 is 0 Å². The average Bonchev–Trinajstić information content (AvgIpc) is 2.48. The van der Waals surface area contributed by atoms with Crippen LogP contribution in [0.5, 0.6) is 0 Å². The van der Waals surface area contributed by atoms with Gasteiger partial charge in [-0.2, -0.15) is 4.80 Å². The van der Waals surface area contributed by atoms with Crippen LogP contribution in [0.2, 0.25) is 0 Å². The predicted octanol–water partition coefficient (Wildman–Crippen LogP) is -0.850. The first kappa shape index (κ1) is 10.1. The van der Waals surface area contributed by atoms with Crippen LogP contribution in [0.25, 0.3) is 0 Å². The molecule has 0 saturated carbocycles. The lowest BCUT2D eigenvalue weighted by Crippen LogP contribution is -2.14. The molecule has 0 aliphatic carbocycles. The highest BCUT2D eigenvalue weighted by molar-refractivity contribution is 4.80. The maximum absolute atomic E-state index is 9.45. The van der Waals surface area contributed by atoms with Crippen molar-refractivity contribution < 1.29 is 9.84 Å². The SMILES string of the molecule is COCCC(O)Cc1nnn(C)n1. The molecule has 1 N–H and O–H groups in total. The van der Waals surface area contributed by atoms with Crippen LogP contribution >= 0.6 is 0 Å². The summed E-state index contributed by atoms with van der Waals surface area (Å²) < 4.78 is 4.83. The van der Waals surface area contributed by atoms with Gasteiger partial charge in [-0.3, -0.25) is 0 Å². The molecule has 0 fully saturated rings. The largest absolute Gasteiger partial charge is 0.393 e. The van der Waals surface area contributed by atoms with E-state index in [2.05, 4.69) is 15.4 Å². The van der Waals surface area contributed by atoms with Gasteiger partial charge in [0.1, 0.15) is 0 Å². The second-order valence-electron chi connectivity index (χ2n) is 2.83. The summed E-state index contributed by atoms with van der Waals surface area (Å²) in [4.78, 5) is 1.37. The number of ether oxygens (including phenoxy) is 1. The average molecular weight is 186 g/mol. The van der Waals surface area contributed by atoms with Gasteiger partial charge in [-0.25, -0.2) is 0 Å². The number of methoxy groups -OCH3 is 1. The Morgan fingerprint density at radius 3 is 2.92 bits per heavy atom. The van der Waals surface area contributed by atoms with Crippen molar-refractivity contribution in [3.8, 4) is 0 Å². The zero-order valence-electron chi connectivity index (χ0n) is 7.84. The van der Waals surface area contributed by atoms with Crippen LogP contribution in [-0.4, -0.2) is 45.1 Å². The zero-order chi connectivity index (χ0) is 9.68. The molecule has 13 heavy (non-hydrogen) atoms. The molecule has 0 radical (unpaired) electrons. The van der Waals surface area contributed by atoms with Crippen molar-refractivity contribution in [1.82, 2.24) is 20.2 Å². The van der Waals surface area contributed by atoms with E-state index in [0.29, 0.717) is 25.3 Å². The molecule has 6 nitrogen and oxygen atoms in total. The topological polar surface area (TPSA) is 73.1 Å². The summed E-state index contributed by atoms with van der Waals surface area (Å²) in [5, 5.41) is 20.8. The summed E-state index contributed by atoms with van der Waals surface area (Å²) in [7, 11) is 3.30. The Kier molecular flexibility index (Phi) is 3.78. The fourth-order valence-corrected chi connectivity index (χ4v) is 0.972. The molecule has 0 aliphatic heterocycles. The second kappa shape index (κ2) is 4.88.